The Morgan fingerprint density at radius 3 is 2.89 bits per heavy atom. The average Bonchev–Trinajstić information content (AvgIpc) is 2.75. The maximum atomic E-state index is 10.3. The predicted molar refractivity (Wildman–Crippen MR) is 77.0 cm³/mol. The van der Waals surface area contributed by atoms with Gasteiger partial charge in [0.15, 0.2) is 0 Å². The van der Waals surface area contributed by atoms with E-state index >= 15 is 0 Å². The van der Waals surface area contributed by atoms with E-state index in [4.69, 9.17) is 0 Å². The highest BCUT2D eigenvalue weighted by molar-refractivity contribution is 5.40. The minimum absolute atomic E-state index is 0.0768. The summed E-state index contributed by atoms with van der Waals surface area (Å²) in [5, 5.41) is 10.3. The molecule has 100 valence electrons. The first-order valence-corrected chi connectivity index (χ1v) is 7.66. The van der Waals surface area contributed by atoms with Crippen LogP contribution in [0.25, 0.3) is 0 Å². The van der Waals surface area contributed by atoms with Crippen LogP contribution in [0.4, 0.5) is 0 Å². The molecule has 19 heavy (non-hydrogen) atoms. The van der Waals surface area contributed by atoms with Gasteiger partial charge in [0.1, 0.15) is 0 Å². The van der Waals surface area contributed by atoms with Gasteiger partial charge in [-0.15, -0.1) is 0 Å². The van der Waals surface area contributed by atoms with Gasteiger partial charge in [-0.2, -0.15) is 0 Å². The van der Waals surface area contributed by atoms with Gasteiger partial charge >= 0.3 is 0 Å². The quantitative estimate of drug-likeness (QED) is 0.698. The van der Waals surface area contributed by atoms with Crippen LogP contribution in [0.2, 0.25) is 0 Å². The van der Waals surface area contributed by atoms with Crippen LogP contribution < -0.4 is 0 Å². The second-order valence-corrected chi connectivity index (χ2v) is 6.82. The second-order valence-electron chi connectivity index (χ2n) is 6.82. The van der Waals surface area contributed by atoms with Crippen molar-refractivity contribution < 1.29 is 5.11 Å². The van der Waals surface area contributed by atoms with Gasteiger partial charge in [0, 0.05) is 5.41 Å². The molecule has 1 aromatic carbocycles. The number of hydrogen-bond donors (Lipinski definition) is 1. The highest BCUT2D eigenvalue weighted by atomic mass is 16.3. The maximum Gasteiger partial charge on any atom is 0.0665 e. The zero-order valence-electron chi connectivity index (χ0n) is 11.6. The van der Waals surface area contributed by atoms with Crippen LogP contribution in [0.15, 0.2) is 35.9 Å². The molecule has 1 heteroatoms. The number of aryl methyl sites for hydroxylation is 1. The van der Waals surface area contributed by atoms with Gasteiger partial charge in [0.05, 0.1) is 6.10 Å². The van der Waals surface area contributed by atoms with E-state index in [1.165, 1.54) is 19.3 Å². The zero-order valence-corrected chi connectivity index (χ0v) is 11.6. The van der Waals surface area contributed by atoms with Crippen molar-refractivity contribution in [3.8, 4) is 0 Å². The Kier molecular flexibility index (Phi) is 2.44. The molecule has 1 N–H and O–H groups in total. The summed E-state index contributed by atoms with van der Waals surface area (Å²) in [5.74, 6) is 1.39. The van der Waals surface area contributed by atoms with Crippen molar-refractivity contribution in [3.63, 3.8) is 0 Å². The summed E-state index contributed by atoms with van der Waals surface area (Å²) in [6.07, 6.45) is 7.96. The van der Waals surface area contributed by atoms with Gasteiger partial charge in [-0.1, -0.05) is 42.8 Å². The van der Waals surface area contributed by atoms with Gasteiger partial charge in [0.25, 0.3) is 0 Å². The van der Waals surface area contributed by atoms with Crippen LogP contribution >= 0.6 is 0 Å². The zero-order chi connectivity index (χ0) is 13.0. The number of aliphatic hydroxyl groups excluding tert-OH is 1. The van der Waals surface area contributed by atoms with Gasteiger partial charge in [0.2, 0.25) is 0 Å². The van der Waals surface area contributed by atoms with E-state index in [0.29, 0.717) is 11.8 Å². The lowest BCUT2D eigenvalue weighted by Crippen LogP contribution is -2.40. The van der Waals surface area contributed by atoms with Crippen LogP contribution in [0.1, 0.15) is 49.7 Å². The Morgan fingerprint density at radius 2 is 2.00 bits per heavy atom. The highest BCUT2D eigenvalue weighted by Gasteiger charge is 2.49. The van der Waals surface area contributed by atoms with Crippen molar-refractivity contribution in [1.29, 1.82) is 0 Å². The average molecular weight is 254 g/mol. The molecule has 0 aromatic heterocycles. The van der Waals surface area contributed by atoms with Crippen LogP contribution in [0.3, 0.4) is 0 Å². The van der Waals surface area contributed by atoms with Crippen LogP contribution in [0.5, 0.6) is 0 Å². The molecule has 0 spiro atoms. The monoisotopic (exact) mass is 254 g/mol. The Balaban J connectivity index is 1.76. The third-order valence-corrected chi connectivity index (χ3v) is 6.00. The molecule has 1 nitrogen and oxygen atoms in total. The fraction of sp³-hybridized carbons (Fsp3) is 0.556. The normalized spacial score (nSPS) is 40.1. The standard InChI is InChI=1S/C18H22O/c1-18-11-10-14-13-5-3-2-4-12(13)6-7-15(14)16(18)8-9-17(18)19/h2-5,8,14-15,17,19H,6-7,9-11H2,1H3/t14-,15-,17+,18+/m1/s1. The molecule has 0 unspecified atom stereocenters. The number of fused-ring (bicyclic) bond motifs is 5. The number of rotatable bonds is 0. The van der Waals surface area contributed by atoms with Crippen molar-refractivity contribution >= 4 is 0 Å². The molecule has 1 saturated carbocycles. The van der Waals surface area contributed by atoms with Crippen LogP contribution in [0, 0.1) is 11.3 Å². The summed E-state index contributed by atoms with van der Waals surface area (Å²) in [5.41, 5.74) is 4.80. The fourth-order valence-corrected chi connectivity index (χ4v) is 4.85. The lowest BCUT2D eigenvalue weighted by atomic mass is 9.58. The van der Waals surface area contributed by atoms with Gasteiger partial charge in [-0.25, -0.2) is 0 Å². The SMILES string of the molecule is C[C@]12CC[C@@H]3c4ccccc4CC[C@H]3C1=CC[C@@H]2O. The van der Waals surface area contributed by atoms with E-state index in [2.05, 4.69) is 37.3 Å². The van der Waals surface area contributed by atoms with E-state index in [1.54, 1.807) is 16.7 Å². The Labute approximate surface area is 115 Å². The molecule has 0 amide bonds. The number of benzene rings is 1. The van der Waals surface area contributed by atoms with Crippen molar-refractivity contribution in [2.75, 3.05) is 0 Å². The van der Waals surface area contributed by atoms with Crippen LogP contribution in [-0.2, 0) is 6.42 Å². The van der Waals surface area contributed by atoms with Crippen molar-refractivity contribution in [3.05, 3.63) is 47.0 Å². The maximum absolute atomic E-state index is 10.3. The van der Waals surface area contributed by atoms with E-state index in [-0.39, 0.29) is 11.5 Å². The summed E-state index contributed by atoms with van der Waals surface area (Å²) < 4.78 is 0. The van der Waals surface area contributed by atoms with Crippen molar-refractivity contribution in [2.24, 2.45) is 11.3 Å². The first-order valence-electron chi connectivity index (χ1n) is 7.66. The first-order chi connectivity index (χ1) is 9.20. The van der Waals surface area contributed by atoms with Crippen molar-refractivity contribution in [2.45, 2.75) is 51.0 Å². The summed E-state index contributed by atoms with van der Waals surface area (Å²) in [7, 11) is 0. The summed E-state index contributed by atoms with van der Waals surface area (Å²) in [6.45, 7) is 2.28. The van der Waals surface area contributed by atoms with E-state index < -0.39 is 0 Å². The molecule has 0 heterocycles. The molecule has 0 saturated heterocycles. The van der Waals surface area contributed by atoms with E-state index in [0.717, 1.165) is 12.8 Å². The van der Waals surface area contributed by atoms with Gasteiger partial charge in [-0.3, -0.25) is 0 Å². The molecule has 0 aliphatic heterocycles. The molecule has 0 bridgehead atoms. The number of aliphatic hydroxyl groups is 1. The largest absolute Gasteiger partial charge is 0.392 e. The highest BCUT2D eigenvalue weighted by Crippen LogP contribution is 2.58. The Morgan fingerprint density at radius 1 is 1.16 bits per heavy atom. The molecule has 3 aliphatic carbocycles. The third kappa shape index (κ3) is 1.51. The van der Waals surface area contributed by atoms with E-state index in [9.17, 15) is 5.11 Å². The summed E-state index contributed by atoms with van der Waals surface area (Å²) in [4.78, 5) is 0. The second kappa shape index (κ2) is 3.96. The molecule has 3 aliphatic rings. The lowest BCUT2D eigenvalue weighted by molar-refractivity contribution is 0.0471. The van der Waals surface area contributed by atoms with Crippen LogP contribution in [-0.4, -0.2) is 11.2 Å². The summed E-state index contributed by atoms with van der Waals surface area (Å²) >= 11 is 0. The lowest BCUT2D eigenvalue weighted by Gasteiger charge is -2.47. The molecule has 1 aromatic rings. The molecule has 4 rings (SSSR count). The van der Waals surface area contributed by atoms with Gasteiger partial charge < -0.3 is 5.11 Å². The first kappa shape index (κ1) is 11.7. The summed E-state index contributed by atoms with van der Waals surface area (Å²) in [6, 6.07) is 9.00. The Hall–Kier alpha value is -1.08. The third-order valence-electron chi connectivity index (χ3n) is 6.00. The molecular formula is C18H22O. The minimum atomic E-state index is -0.138. The van der Waals surface area contributed by atoms with Crippen molar-refractivity contribution in [1.82, 2.24) is 0 Å². The Bertz CT molecular complexity index is 544. The predicted octanol–water partition coefficient (Wildman–Crippen LogP) is 3.82. The van der Waals surface area contributed by atoms with Gasteiger partial charge in [-0.05, 0) is 55.1 Å². The van der Waals surface area contributed by atoms with E-state index in [1.807, 2.05) is 0 Å². The molecule has 0 radical (unpaired) electrons. The number of hydrogen-bond acceptors (Lipinski definition) is 1. The molecule has 1 fully saturated rings. The minimum Gasteiger partial charge on any atom is -0.392 e. The topological polar surface area (TPSA) is 20.2 Å². The molecule has 4 atom stereocenters. The fourth-order valence-electron chi connectivity index (χ4n) is 4.85. The molecular weight excluding hydrogens is 232 g/mol. The smallest absolute Gasteiger partial charge is 0.0665 e.